The predicted molar refractivity (Wildman–Crippen MR) is 76.6 cm³/mol. The molecule has 1 atom stereocenters. The second-order valence-electron chi connectivity index (χ2n) is 4.71. The number of pyridine rings is 1. The Kier molecular flexibility index (Phi) is 3.90. The highest BCUT2D eigenvalue weighted by molar-refractivity contribution is 7.99. The first-order valence-electron chi connectivity index (χ1n) is 6.55. The number of rotatable bonds is 3. The monoisotopic (exact) mass is 265 g/mol. The number of morpholine rings is 1. The number of nitrogens with one attached hydrogen (secondary N) is 1. The second kappa shape index (κ2) is 5.80. The van der Waals surface area contributed by atoms with E-state index in [9.17, 15) is 0 Å². The van der Waals surface area contributed by atoms with Crippen LogP contribution in [0, 0.1) is 0 Å². The first-order valence-corrected chi connectivity index (χ1v) is 7.70. The second-order valence-corrected chi connectivity index (χ2v) is 5.86. The molecule has 18 heavy (non-hydrogen) atoms. The van der Waals surface area contributed by atoms with Crippen LogP contribution in [0.1, 0.15) is 6.42 Å². The fraction of sp³-hybridized carbons (Fsp3) is 0.615. The maximum Gasteiger partial charge on any atom is 0.128 e. The van der Waals surface area contributed by atoms with E-state index in [2.05, 4.69) is 27.3 Å². The van der Waals surface area contributed by atoms with Crippen LogP contribution in [0.15, 0.2) is 18.3 Å². The van der Waals surface area contributed by atoms with Crippen LogP contribution < -0.4 is 10.2 Å². The SMILES string of the molecule is c1cc(N2CCOCC2)ncc1NC1CCSC1. The van der Waals surface area contributed by atoms with Crippen LogP contribution >= 0.6 is 11.8 Å². The minimum atomic E-state index is 0.617. The molecule has 0 radical (unpaired) electrons. The Hall–Kier alpha value is -0.940. The maximum absolute atomic E-state index is 5.35. The van der Waals surface area contributed by atoms with Gasteiger partial charge in [-0.25, -0.2) is 4.98 Å². The molecule has 3 heterocycles. The Labute approximate surface area is 112 Å². The lowest BCUT2D eigenvalue weighted by molar-refractivity contribution is 0.122. The normalized spacial score (nSPS) is 24.2. The van der Waals surface area contributed by atoms with Gasteiger partial charge in [-0.3, -0.25) is 0 Å². The number of aromatic nitrogens is 1. The molecule has 0 spiro atoms. The number of ether oxygens (including phenoxy) is 1. The number of thioether (sulfide) groups is 1. The molecule has 2 saturated heterocycles. The van der Waals surface area contributed by atoms with Gasteiger partial charge in [-0.05, 0) is 24.3 Å². The van der Waals surface area contributed by atoms with Gasteiger partial charge < -0.3 is 15.0 Å². The zero-order valence-electron chi connectivity index (χ0n) is 10.5. The lowest BCUT2D eigenvalue weighted by Crippen LogP contribution is -2.36. The van der Waals surface area contributed by atoms with Gasteiger partial charge in [0.25, 0.3) is 0 Å². The molecule has 0 aliphatic carbocycles. The van der Waals surface area contributed by atoms with Crippen molar-refractivity contribution in [3.63, 3.8) is 0 Å². The molecule has 3 rings (SSSR count). The van der Waals surface area contributed by atoms with Crippen molar-refractivity contribution >= 4 is 23.3 Å². The Morgan fingerprint density at radius 1 is 1.33 bits per heavy atom. The molecular formula is C13H19N3OS. The molecule has 1 aromatic rings. The van der Waals surface area contributed by atoms with E-state index in [-0.39, 0.29) is 0 Å². The molecule has 2 aliphatic rings. The van der Waals surface area contributed by atoms with Crippen LogP contribution in [0.4, 0.5) is 11.5 Å². The molecule has 0 amide bonds. The molecular weight excluding hydrogens is 246 g/mol. The minimum absolute atomic E-state index is 0.617. The average molecular weight is 265 g/mol. The average Bonchev–Trinajstić information content (AvgIpc) is 2.94. The molecule has 0 aromatic carbocycles. The van der Waals surface area contributed by atoms with Crippen molar-refractivity contribution in [3.05, 3.63) is 18.3 Å². The van der Waals surface area contributed by atoms with Crippen LogP contribution in [0.2, 0.25) is 0 Å². The zero-order chi connectivity index (χ0) is 12.2. The molecule has 98 valence electrons. The fourth-order valence-corrected chi connectivity index (χ4v) is 3.49. The molecule has 5 heteroatoms. The number of hydrogen-bond donors (Lipinski definition) is 1. The summed E-state index contributed by atoms with van der Waals surface area (Å²) < 4.78 is 5.35. The van der Waals surface area contributed by atoms with Gasteiger partial charge in [0, 0.05) is 24.9 Å². The van der Waals surface area contributed by atoms with E-state index in [1.165, 1.54) is 17.9 Å². The lowest BCUT2D eigenvalue weighted by atomic mass is 10.2. The number of nitrogens with zero attached hydrogens (tertiary/aromatic N) is 2. The van der Waals surface area contributed by atoms with Crippen LogP contribution in [-0.4, -0.2) is 48.8 Å². The topological polar surface area (TPSA) is 37.4 Å². The van der Waals surface area contributed by atoms with E-state index in [0.29, 0.717) is 6.04 Å². The summed E-state index contributed by atoms with van der Waals surface area (Å²) in [7, 11) is 0. The van der Waals surface area contributed by atoms with Crippen molar-refractivity contribution in [1.82, 2.24) is 4.98 Å². The number of anilines is 2. The first kappa shape index (κ1) is 12.1. The van der Waals surface area contributed by atoms with Gasteiger partial charge in [0.05, 0.1) is 25.1 Å². The summed E-state index contributed by atoms with van der Waals surface area (Å²) in [5.74, 6) is 3.55. The van der Waals surface area contributed by atoms with E-state index in [1.54, 1.807) is 0 Å². The molecule has 0 bridgehead atoms. The Balaban J connectivity index is 1.60. The summed E-state index contributed by atoms with van der Waals surface area (Å²) >= 11 is 2.02. The maximum atomic E-state index is 5.35. The number of hydrogen-bond acceptors (Lipinski definition) is 5. The predicted octanol–water partition coefficient (Wildman–Crippen LogP) is 1.84. The quantitative estimate of drug-likeness (QED) is 0.902. The van der Waals surface area contributed by atoms with Crippen molar-refractivity contribution in [3.8, 4) is 0 Å². The summed E-state index contributed by atoms with van der Waals surface area (Å²) in [6, 6.07) is 4.86. The van der Waals surface area contributed by atoms with Gasteiger partial charge in [0.15, 0.2) is 0 Å². The van der Waals surface area contributed by atoms with Gasteiger partial charge in [-0.1, -0.05) is 0 Å². The molecule has 0 saturated carbocycles. The highest BCUT2D eigenvalue weighted by atomic mass is 32.2. The molecule has 1 unspecified atom stereocenters. The summed E-state index contributed by atoms with van der Waals surface area (Å²) in [6.07, 6.45) is 3.21. The fourth-order valence-electron chi connectivity index (χ4n) is 2.34. The van der Waals surface area contributed by atoms with Gasteiger partial charge in [0.2, 0.25) is 0 Å². The molecule has 1 N–H and O–H groups in total. The summed E-state index contributed by atoms with van der Waals surface area (Å²) in [5.41, 5.74) is 1.14. The lowest BCUT2D eigenvalue weighted by Gasteiger charge is -2.27. The summed E-state index contributed by atoms with van der Waals surface area (Å²) in [6.45, 7) is 3.50. The van der Waals surface area contributed by atoms with Crippen LogP contribution in [-0.2, 0) is 4.74 Å². The third-order valence-corrected chi connectivity index (χ3v) is 4.55. The van der Waals surface area contributed by atoms with Crippen molar-refractivity contribution in [1.29, 1.82) is 0 Å². The third kappa shape index (κ3) is 2.90. The van der Waals surface area contributed by atoms with E-state index in [1.807, 2.05) is 18.0 Å². The van der Waals surface area contributed by atoms with Gasteiger partial charge in [-0.15, -0.1) is 0 Å². The highest BCUT2D eigenvalue weighted by Crippen LogP contribution is 2.22. The largest absolute Gasteiger partial charge is 0.380 e. The van der Waals surface area contributed by atoms with Crippen molar-refractivity contribution < 1.29 is 4.74 Å². The molecule has 4 nitrogen and oxygen atoms in total. The molecule has 1 aromatic heterocycles. The van der Waals surface area contributed by atoms with E-state index >= 15 is 0 Å². The van der Waals surface area contributed by atoms with Gasteiger partial charge in [-0.2, -0.15) is 11.8 Å². The van der Waals surface area contributed by atoms with Gasteiger partial charge in [0.1, 0.15) is 5.82 Å². The summed E-state index contributed by atoms with van der Waals surface area (Å²) in [4.78, 5) is 6.82. The Morgan fingerprint density at radius 2 is 2.22 bits per heavy atom. The van der Waals surface area contributed by atoms with Crippen molar-refractivity contribution in [2.75, 3.05) is 48.0 Å². The van der Waals surface area contributed by atoms with Crippen LogP contribution in [0.3, 0.4) is 0 Å². The minimum Gasteiger partial charge on any atom is -0.380 e. The standard InChI is InChI=1S/C13H19N3OS/c1-2-13(16-4-6-17-7-5-16)14-9-11(1)15-12-3-8-18-10-12/h1-2,9,12,15H,3-8,10H2. The Bertz CT molecular complexity index is 372. The molecule has 2 aliphatic heterocycles. The smallest absolute Gasteiger partial charge is 0.128 e. The van der Waals surface area contributed by atoms with E-state index < -0.39 is 0 Å². The van der Waals surface area contributed by atoms with Crippen molar-refractivity contribution in [2.24, 2.45) is 0 Å². The van der Waals surface area contributed by atoms with E-state index in [0.717, 1.165) is 37.8 Å². The Morgan fingerprint density at radius 3 is 2.89 bits per heavy atom. The van der Waals surface area contributed by atoms with Gasteiger partial charge >= 0.3 is 0 Å². The third-order valence-electron chi connectivity index (χ3n) is 3.38. The van der Waals surface area contributed by atoms with Crippen LogP contribution in [0.5, 0.6) is 0 Å². The van der Waals surface area contributed by atoms with Crippen molar-refractivity contribution in [2.45, 2.75) is 12.5 Å². The molecule has 2 fully saturated rings. The first-order chi connectivity index (χ1) is 8.92. The van der Waals surface area contributed by atoms with E-state index in [4.69, 9.17) is 4.74 Å². The summed E-state index contributed by atoms with van der Waals surface area (Å²) in [5, 5.41) is 3.54. The van der Waals surface area contributed by atoms with Crippen LogP contribution in [0.25, 0.3) is 0 Å². The highest BCUT2D eigenvalue weighted by Gasteiger charge is 2.16. The zero-order valence-corrected chi connectivity index (χ0v) is 11.3.